The predicted octanol–water partition coefficient (Wildman–Crippen LogP) is 3.26. The molecule has 0 unspecified atom stereocenters. The van der Waals surface area contributed by atoms with Crippen LogP contribution in [0.2, 0.25) is 0 Å². The van der Waals surface area contributed by atoms with E-state index in [1.165, 1.54) is 0 Å². The summed E-state index contributed by atoms with van der Waals surface area (Å²) < 4.78 is 39.6. The number of nitrogens with zero attached hydrogens (tertiary/aromatic N) is 1. The molecule has 5 nitrogen and oxygen atoms in total. The molecule has 8 heteroatoms. The summed E-state index contributed by atoms with van der Waals surface area (Å²) in [7, 11) is 0. The Hall–Kier alpha value is -2.90. The van der Waals surface area contributed by atoms with Crippen molar-refractivity contribution in [3.63, 3.8) is 0 Å². The third kappa shape index (κ3) is 3.16. The van der Waals surface area contributed by atoms with Crippen LogP contribution in [0.5, 0.6) is 0 Å². The van der Waals surface area contributed by atoms with Crippen LogP contribution in [0.3, 0.4) is 0 Å². The number of hydrogen-bond donors (Lipinski definition) is 1. The van der Waals surface area contributed by atoms with Gasteiger partial charge >= 0.3 is 0 Å². The summed E-state index contributed by atoms with van der Waals surface area (Å²) in [5.74, 6) is -3.97. The van der Waals surface area contributed by atoms with E-state index in [9.17, 15) is 28.1 Å². The third-order valence-corrected chi connectivity index (χ3v) is 2.58. The van der Waals surface area contributed by atoms with Gasteiger partial charge in [0, 0.05) is 18.2 Å². The van der Waals surface area contributed by atoms with E-state index >= 15 is 0 Å². The number of amides is 1. The number of halogens is 3. The van der Waals surface area contributed by atoms with Crippen molar-refractivity contribution in [2.75, 3.05) is 5.32 Å². The van der Waals surface area contributed by atoms with Crippen molar-refractivity contribution in [2.24, 2.45) is 0 Å². The van der Waals surface area contributed by atoms with Crippen LogP contribution in [-0.2, 0) is 0 Å². The van der Waals surface area contributed by atoms with Gasteiger partial charge in [0.15, 0.2) is 0 Å². The van der Waals surface area contributed by atoms with Crippen LogP contribution >= 0.6 is 0 Å². The van der Waals surface area contributed by atoms with E-state index in [1.54, 1.807) is 0 Å². The minimum Gasteiger partial charge on any atom is -0.319 e. The Labute approximate surface area is 116 Å². The number of nitrogens with one attached hydrogen (secondary N) is 1. The molecule has 108 valence electrons. The second-order valence-corrected chi connectivity index (χ2v) is 4.00. The molecule has 0 heterocycles. The molecule has 0 saturated carbocycles. The smallest absolute Gasteiger partial charge is 0.270 e. The zero-order chi connectivity index (χ0) is 15.6. The van der Waals surface area contributed by atoms with Crippen molar-refractivity contribution in [3.05, 3.63) is 69.5 Å². The van der Waals surface area contributed by atoms with Gasteiger partial charge in [0.1, 0.15) is 17.5 Å². The van der Waals surface area contributed by atoms with Crippen LogP contribution in [0.4, 0.5) is 24.5 Å². The number of non-ortho nitro benzene ring substituents is 1. The Morgan fingerprint density at radius 3 is 2.38 bits per heavy atom. The highest BCUT2D eigenvalue weighted by atomic mass is 19.1. The van der Waals surface area contributed by atoms with Gasteiger partial charge in [0.25, 0.3) is 11.6 Å². The van der Waals surface area contributed by atoms with Gasteiger partial charge in [0.05, 0.1) is 16.2 Å². The van der Waals surface area contributed by atoms with Gasteiger partial charge in [-0.2, -0.15) is 0 Å². The molecule has 0 aliphatic rings. The number of anilines is 1. The summed E-state index contributed by atoms with van der Waals surface area (Å²) in [5, 5.41) is 12.6. The highest BCUT2D eigenvalue weighted by Crippen LogP contribution is 2.20. The Morgan fingerprint density at radius 2 is 1.76 bits per heavy atom. The van der Waals surface area contributed by atoms with Crippen molar-refractivity contribution < 1.29 is 22.9 Å². The molecule has 0 saturated heterocycles. The quantitative estimate of drug-likeness (QED) is 0.698. The van der Waals surface area contributed by atoms with E-state index in [0.29, 0.717) is 6.07 Å². The standard InChI is InChI=1S/C13H7F3N2O3/c14-7-1-4-12(11(16)5-7)17-13(19)9-6-8(18(20)21)2-3-10(9)15/h1-6H,(H,17,19). The van der Waals surface area contributed by atoms with Gasteiger partial charge in [-0.1, -0.05) is 0 Å². The normalized spacial score (nSPS) is 10.2. The van der Waals surface area contributed by atoms with Gasteiger partial charge in [0.2, 0.25) is 0 Å². The Morgan fingerprint density at radius 1 is 1.05 bits per heavy atom. The zero-order valence-electron chi connectivity index (χ0n) is 10.3. The summed E-state index contributed by atoms with van der Waals surface area (Å²) in [4.78, 5) is 21.6. The highest BCUT2D eigenvalue weighted by molar-refractivity contribution is 6.04. The first kappa shape index (κ1) is 14.5. The summed E-state index contributed by atoms with van der Waals surface area (Å²) in [6.07, 6.45) is 0. The van der Waals surface area contributed by atoms with Gasteiger partial charge < -0.3 is 5.32 Å². The van der Waals surface area contributed by atoms with Gasteiger partial charge in [-0.25, -0.2) is 13.2 Å². The van der Waals surface area contributed by atoms with Crippen LogP contribution in [-0.4, -0.2) is 10.8 Å². The predicted molar refractivity (Wildman–Crippen MR) is 67.4 cm³/mol. The lowest BCUT2D eigenvalue weighted by molar-refractivity contribution is -0.384. The molecule has 0 aliphatic heterocycles. The topological polar surface area (TPSA) is 72.2 Å². The SMILES string of the molecule is O=C(Nc1ccc(F)cc1F)c1cc([N+](=O)[O-])ccc1F. The maximum absolute atomic E-state index is 13.5. The van der Waals surface area contributed by atoms with Crippen molar-refractivity contribution in [3.8, 4) is 0 Å². The van der Waals surface area contributed by atoms with Gasteiger partial charge in [-0.3, -0.25) is 14.9 Å². The minimum absolute atomic E-state index is 0.368. The molecule has 21 heavy (non-hydrogen) atoms. The van der Waals surface area contributed by atoms with Gasteiger partial charge in [-0.05, 0) is 18.2 Å². The minimum atomic E-state index is -1.08. The second-order valence-electron chi connectivity index (χ2n) is 4.00. The molecular formula is C13H7F3N2O3. The molecule has 2 rings (SSSR count). The average molecular weight is 296 g/mol. The zero-order valence-corrected chi connectivity index (χ0v) is 10.3. The van der Waals surface area contributed by atoms with Crippen LogP contribution < -0.4 is 5.32 Å². The lowest BCUT2D eigenvalue weighted by Crippen LogP contribution is -2.15. The molecule has 0 spiro atoms. The van der Waals surface area contributed by atoms with E-state index < -0.39 is 39.5 Å². The van der Waals surface area contributed by atoms with Crippen molar-refractivity contribution in [1.29, 1.82) is 0 Å². The van der Waals surface area contributed by atoms with Gasteiger partial charge in [-0.15, -0.1) is 0 Å². The summed E-state index contributed by atoms with van der Waals surface area (Å²) in [6, 6.07) is 4.78. The van der Waals surface area contributed by atoms with Crippen LogP contribution in [0.15, 0.2) is 36.4 Å². The lowest BCUT2D eigenvalue weighted by atomic mass is 10.1. The van der Waals surface area contributed by atoms with E-state index in [0.717, 1.165) is 30.3 Å². The fourth-order valence-corrected chi connectivity index (χ4v) is 1.58. The number of hydrogen-bond acceptors (Lipinski definition) is 3. The van der Waals surface area contributed by atoms with Crippen molar-refractivity contribution in [2.45, 2.75) is 0 Å². The molecule has 1 N–H and O–H groups in total. The number of carbonyl (C=O) groups excluding carboxylic acids is 1. The van der Waals surface area contributed by atoms with E-state index in [-0.39, 0.29) is 5.69 Å². The Bertz CT molecular complexity index is 735. The summed E-state index contributed by atoms with van der Waals surface area (Å²) in [5.41, 5.74) is -1.47. The average Bonchev–Trinajstić information content (AvgIpc) is 2.42. The fraction of sp³-hybridized carbons (Fsp3) is 0. The number of nitro groups is 1. The second kappa shape index (κ2) is 5.61. The van der Waals surface area contributed by atoms with Crippen LogP contribution in [0.25, 0.3) is 0 Å². The van der Waals surface area contributed by atoms with Crippen molar-refractivity contribution in [1.82, 2.24) is 0 Å². The first-order valence-electron chi connectivity index (χ1n) is 5.59. The van der Waals surface area contributed by atoms with Crippen LogP contribution in [0, 0.1) is 27.6 Å². The maximum atomic E-state index is 13.5. The molecule has 0 radical (unpaired) electrons. The number of nitro benzene ring substituents is 1. The third-order valence-electron chi connectivity index (χ3n) is 2.58. The largest absolute Gasteiger partial charge is 0.319 e. The first-order valence-corrected chi connectivity index (χ1v) is 5.59. The van der Waals surface area contributed by atoms with Crippen LogP contribution in [0.1, 0.15) is 10.4 Å². The molecule has 0 fully saturated rings. The fourth-order valence-electron chi connectivity index (χ4n) is 1.58. The molecule has 2 aromatic carbocycles. The lowest BCUT2D eigenvalue weighted by Gasteiger charge is -2.07. The van der Waals surface area contributed by atoms with E-state index in [1.807, 2.05) is 5.32 Å². The Kier molecular flexibility index (Phi) is 3.88. The number of carbonyl (C=O) groups is 1. The molecule has 0 atom stereocenters. The maximum Gasteiger partial charge on any atom is 0.270 e. The monoisotopic (exact) mass is 296 g/mol. The van der Waals surface area contributed by atoms with Crippen molar-refractivity contribution >= 4 is 17.3 Å². The molecule has 0 aromatic heterocycles. The number of rotatable bonds is 3. The summed E-state index contributed by atoms with van der Waals surface area (Å²) >= 11 is 0. The molecule has 0 bridgehead atoms. The highest BCUT2D eigenvalue weighted by Gasteiger charge is 2.18. The van der Waals surface area contributed by atoms with E-state index in [2.05, 4.69) is 0 Å². The molecule has 1 amide bonds. The molecule has 0 aliphatic carbocycles. The summed E-state index contributed by atoms with van der Waals surface area (Å²) in [6.45, 7) is 0. The molecule has 2 aromatic rings. The number of benzene rings is 2. The Balaban J connectivity index is 2.32. The molecular weight excluding hydrogens is 289 g/mol. The van der Waals surface area contributed by atoms with E-state index in [4.69, 9.17) is 0 Å². The first-order chi connectivity index (χ1) is 9.88.